The number of esters is 1. The van der Waals surface area contributed by atoms with Gasteiger partial charge in [0.25, 0.3) is 0 Å². The number of carbonyl (C=O) groups is 2. The Labute approximate surface area is 116 Å². The molecule has 3 nitrogen and oxygen atoms in total. The maximum absolute atomic E-state index is 11.6. The summed E-state index contributed by atoms with van der Waals surface area (Å²) < 4.78 is 5.45. The van der Waals surface area contributed by atoms with Gasteiger partial charge in [0.05, 0.1) is 7.11 Å². The zero-order valence-corrected chi connectivity index (χ0v) is 12.4. The van der Waals surface area contributed by atoms with E-state index in [1.807, 2.05) is 38.1 Å². The van der Waals surface area contributed by atoms with Crippen LogP contribution in [0.3, 0.4) is 0 Å². The second kappa shape index (κ2) is 6.14. The molecule has 0 aliphatic rings. The molecule has 0 aliphatic heterocycles. The van der Waals surface area contributed by atoms with Crippen LogP contribution in [-0.2, 0) is 20.7 Å². The topological polar surface area (TPSA) is 43.4 Å². The molecule has 0 bridgehead atoms. The Balaban J connectivity index is 2.73. The third-order valence-corrected chi connectivity index (χ3v) is 3.45. The quantitative estimate of drug-likeness (QED) is 0.619. The molecule has 0 amide bonds. The number of Topliss-reactive ketones (excluding diaryl/α,β-unsaturated/α-hetero) is 1. The molecule has 1 rings (SSSR count). The lowest BCUT2D eigenvalue weighted by Crippen LogP contribution is -2.25. The fraction of sp³-hybridized carbons (Fsp3) is 0.429. The first-order valence-electron chi connectivity index (χ1n) is 5.70. The number of methoxy groups -OCH3 is 1. The summed E-state index contributed by atoms with van der Waals surface area (Å²) in [6.45, 7) is 3.93. The molecule has 0 spiro atoms. The minimum absolute atomic E-state index is 0.182. The van der Waals surface area contributed by atoms with Crippen molar-refractivity contribution in [3.05, 3.63) is 34.3 Å². The highest BCUT2D eigenvalue weighted by Gasteiger charge is 2.27. The second-order valence-electron chi connectivity index (χ2n) is 5.02. The number of ether oxygens (including phenoxy) is 1. The maximum Gasteiger partial charge on any atom is 0.374 e. The fourth-order valence-corrected chi connectivity index (χ4v) is 2.27. The Morgan fingerprint density at radius 2 is 1.89 bits per heavy atom. The Kier molecular flexibility index (Phi) is 5.08. The number of hydrogen-bond donors (Lipinski definition) is 0. The van der Waals surface area contributed by atoms with E-state index in [0.717, 1.165) is 16.5 Å². The van der Waals surface area contributed by atoms with E-state index in [0.29, 0.717) is 0 Å². The van der Waals surface area contributed by atoms with Crippen LogP contribution >= 0.6 is 15.9 Å². The van der Waals surface area contributed by atoms with Crippen LogP contribution in [0.2, 0.25) is 0 Å². The summed E-state index contributed by atoms with van der Waals surface area (Å²) in [5.74, 6) is -1.25. The van der Waals surface area contributed by atoms with Crippen LogP contribution in [-0.4, -0.2) is 18.9 Å². The molecular formula is C14H17BrO3. The monoisotopic (exact) mass is 312 g/mol. The molecule has 98 valence electrons. The van der Waals surface area contributed by atoms with Crippen molar-refractivity contribution in [1.82, 2.24) is 0 Å². The summed E-state index contributed by atoms with van der Waals surface area (Å²) in [4.78, 5) is 22.7. The molecule has 0 saturated carbocycles. The van der Waals surface area contributed by atoms with E-state index in [-0.39, 0.29) is 11.8 Å². The molecule has 0 unspecified atom stereocenters. The van der Waals surface area contributed by atoms with Gasteiger partial charge in [0.1, 0.15) is 0 Å². The summed E-state index contributed by atoms with van der Waals surface area (Å²) in [7, 11) is 1.22. The van der Waals surface area contributed by atoms with E-state index in [4.69, 9.17) is 0 Å². The molecule has 0 heterocycles. The molecular weight excluding hydrogens is 296 g/mol. The molecule has 0 aliphatic carbocycles. The molecule has 4 heteroatoms. The Hall–Kier alpha value is -1.16. The molecule has 0 atom stereocenters. The van der Waals surface area contributed by atoms with Crippen LogP contribution in [0.4, 0.5) is 0 Å². The van der Waals surface area contributed by atoms with Crippen LogP contribution in [0.25, 0.3) is 0 Å². The van der Waals surface area contributed by atoms with Gasteiger partial charge < -0.3 is 4.74 Å². The van der Waals surface area contributed by atoms with Gasteiger partial charge in [-0.2, -0.15) is 0 Å². The minimum atomic E-state index is -0.768. The molecule has 1 aromatic carbocycles. The zero-order chi connectivity index (χ0) is 13.8. The average molecular weight is 313 g/mol. The van der Waals surface area contributed by atoms with E-state index in [2.05, 4.69) is 20.7 Å². The van der Waals surface area contributed by atoms with Gasteiger partial charge in [-0.3, -0.25) is 4.79 Å². The molecule has 0 radical (unpaired) electrons. The van der Waals surface area contributed by atoms with Crippen LogP contribution in [0, 0.1) is 5.41 Å². The second-order valence-corrected chi connectivity index (χ2v) is 5.88. The van der Waals surface area contributed by atoms with Crippen molar-refractivity contribution in [2.24, 2.45) is 5.41 Å². The van der Waals surface area contributed by atoms with E-state index in [1.165, 1.54) is 7.11 Å². The van der Waals surface area contributed by atoms with Crippen molar-refractivity contribution in [1.29, 1.82) is 0 Å². The summed E-state index contributed by atoms with van der Waals surface area (Å²) in [5.41, 5.74) is 0.843. The maximum atomic E-state index is 11.6. The van der Waals surface area contributed by atoms with Crippen molar-refractivity contribution >= 4 is 27.7 Å². The van der Waals surface area contributed by atoms with Crippen molar-refractivity contribution in [2.45, 2.75) is 26.7 Å². The molecule has 0 aromatic heterocycles. The van der Waals surface area contributed by atoms with Crippen molar-refractivity contribution < 1.29 is 14.3 Å². The Morgan fingerprint density at radius 1 is 1.28 bits per heavy atom. The summed E-state index contributed by atoms with van der Waals surface area (Å²) in [6.07, 6.45) is 0.901. The third kappa shape index (κ3) is 4.26. The smallest absolute Gasteiger partial charge is 0.374 e. The molecule has 1 aromatic rings. The minimum Gasteiger partial charge on any atom is -0.463 e. The Bertz CT molecular complexity index is 452. The highest BCUT2D eigenvalue weighted by atomic mass is 79.9. The first-order valence-corrected chi connectivity index (χ1v) is 6.49. The number of benzene rings is 1. The molecule has 0 saturated heterocycles. The number of halogens is 1. The third-order valence-electron chi connectivity index (χ3n) is 2.68. The van der Waals surface area contributed by atoms with Gasteiger partial charge in [-0.05, 0) is 23.5 Å². The van der Waals surface area contributed by atoms with Crippen LogP contribution in [0.5, 0.6) is 0 Å². The first-order chi connectivity index (χ1) is 8.35. The highest BCUT2D eigenvalue weighted by Crippen LogP contribution is 2.29. The fourth-order valence-electron chi connectivity index (χ4n) is 1.84. The standard InChI is InChI=1S/C14H17BrO3/c1-14(2,9-12(16)13(17)18-3)8-10-6-4-5-7-11(10)15/h4-7H,8-9H2,1-3H3. The predicted molar refractivity (Wildman–Crippen MR) is 73.3 cm³/mol. The van der Waals surface area contributed by atoms with Crippen LogP contribution in [0.1, 0.15) is 25.8 Å². The number of hydrogen-bond acceptors (Lipinski definition) is 3. The lowest BCUT2D eigenvalue weighted by atomic mass is 9.81. The summed E-state index contributed by atoms with van der Waals surface area (Å²) >= 11 is 3.48. The molecule has 0 fully saturated rings. The van der Waals surface area contributed by atoms with E-state index >= 15 is 0 Å². The van der Waals surface area contributed by atoms with Crippen molar-refractivity contribution in [3.8, 4) is 0 Å². The highest BCUT2D eigenvalue weighted by molar-refractivity contribution is 9.10. The van der Waals surface area contributed by atoms with Crippen LogP contribution in [0.15, 0.2) is 28.7 Å². The average Bonchev–Trinajstić information content (AvgIpc) is 2.30. The largest absolute Gasteiger partial charge is 0.463 e. The number of ketones is 1. The molecule has 0 N–H and O–H groups in total. The number of rotatable bonds is 5. The van der Waals surface area contributed by atoms with Gasteiger partial charge >= 0.3 is 5.97 Å². The van der Waals surface area contributed by atoms with Crippen molar-refractivity contribution in [3.63, 3.8) is 0 Å². The van der Waals surface area contributed by atoms with Gasteiger partial charge in [-0.15, -0.1) is 0 Å². The van der Waals surface area contributed by atoms with Gasteiger partial charge in [0.2, 0.25) is 5.78 Å². The summed E-state index contributed by atoms with van der Waals surface area (Å²) in [6, 6.07) is 7.88. The number of carbonyl (C=O) groups excluding carboxylic acids is 2. The van der Waals surface area contributed by atoms with Gasteiger partial charge in [-0.1, -0.05) is 48.0 Å². The lowest BCUT2D eigenvalue weighted by Gasteiger charge is -2.23. The molecule has 18 heavy (non-hydrogen) atoms. The first kappa shape index (κ1) is 14.9. The van der Waals surface area contributed by atoms with Gasteiger partial charge in [-0.25, -0.2) is 4.79 Å². The van der Waals surface area contributed by atoms with Crippen molar-refractivity contribution in [2.75, 3.05) is 7.11 Å². The van der Waals surface area contributed by atoms with E-state index in [9.17, 15) is 9.59 Å². The van der Waals surface area contributed by atoms with Gasteiger partial charge in [0, 0.05) is 10.9 Å². The normalized spacial score (nSPS) is 11.1. The van der Waals surface area contributed by atoms with E-state index in [1.54, 1.807) is 0 Å². The van der Waals surface area contributed by atoms with Crippen LogP contribution < -0.4 is 0 Å². The zero-order valence-electron chi connectivity index (χ0n) is 10.8. The predicted octanol–water partition coefficient (Wildman–Crippen LogP) is 3.15. The SMILES string of the molecule is COC(=O)C(=O)CC(C)(C)Cc1ccccc1Br. The Morgan fingerprint density at radius 3 is 2.44 bits per heavy atom. The lowest BCUT2D eigenvalue weighted by molar-refractivity contribution is -0.152. The summed E-state index contributed by atoms with van der Waals surface area (Å²) in [5, 5.41) is 0. The van der Waals surface area contributed by atoms with Gasteiger partial charge in [0.15, 0.2) is 0 Å². The van der Waals surface area contributed by atoms with E-state index < -0.39 is 11.8 Å².